The molecule has 0 spiro atoms. The molecule has 0 aromatic heterocycles. The first kappa shape index (κ1) is 20.8. The zero-order chi connectivity index (χ0) is 21.9. The average Bonchev–Trinajstić information content (AvgIpc) is 2.66. The van der Waals surface area contributed by atoms with Crippen molar-refractivity contribution < 1.29 is 53.9 Å². The summed E-state index contributed by atoms with van der Waals surface area (Å²) in [5.41, 5.74) is -3.33. The molecular weight excluding hydrogens is 392 g/mol. The molecule has 0 aliphatic carbocycles. The molecule has 0 aliphatic rings. The van der Waals surface area contributed by atoms with E-state index in [4.69, 9.17) is 20.4 Å². The summed E-state index contributed by atoms with van der Waals surface area (Å²) in [6, 6.07) is 4.69. The summed E-state index contributed by atoms with van der Waals surface area (Å²) in [4.78, 5) is 68.6. The summed E-state index contributed by atoms with van der Waals surface area (Å²) in [5, 5.41) is 36.0. The van der Waals surface area contributed by atoms with Crippen LogP contribution in [0.1, 0.15) is 62.1 Å². The van der Waals surface area contributed by atoms with Crippen molar-refractivity contribution in [3.05, 3.63) is 69.8 Å². The largest absolute Gasteiger partial charge is 0.478 e. The molecule has 4 N–H and O–H groups in total. The lowest BCUT2D eigenvalue weighted by molar-refractivity contribution is 0.0397. The van der Waals surface area contributed by atoms with Gasteiger partial charge in [0.05, 0.1) is 33.4 Å². The predicted octanol–water partition coefficient (Wildman–Crippen LogP) is 1.48. The normalized spacial score (nSPS) is 10.1. The Balaban J connectivity index is 2.40. The maximum atomic E-state index is 12.2. The topological polar surface area (TPSA) is 193 Å². The number of hydrogen-bond donors (Lipinski definition) is 4. The van der Waals surface area contributed by atoms with Crippen LogP contribution < -0.4 is 0 Å². The number of benzene rings is 2. The molecule has 148 valence electrons. The number of ether oxygens (including phenoxy) is 1. The smallest absolute Gasteiger partial charge is 0.346 e. The van der Waals surface area contributed by atoms with Crippen LogP contribution in [0.4, 0.5) is 0 Å². The monoisotopic (exact) mass is 402 g/mol. The molecule has 11 nitrogen and oxygen atoms in total. The molecular formula is C18H10O11. The molecule has 2 aromatic carbocycles. The SMILES string of the molecule is O=C(O)c1cc(C(=O)O)cc(C(=O)OC(=O)c2cc(C(=O)O)cc(C(=O)O)c2)c1. The third-order valence-corrected chi connectivity index (χ3v) is 3.51. The van der Waals surface area contributed by atoms with Gasteiger partial charge in [-0.15, -0.1) is 0 Å². The van der Waals surface area contributed by atoms with Gasteiger partial charge in [0.1, 0.15) is 0 Å². The molecule has 0 heterocycles. The fourth-order valence-electron chi connectivity index (χ4n) is 2.19. The molecule has 29 heavy (non-hydrogen) atoms. The fourth-order valence-corrected chi connectivity index (χ4v) is 2.19. The van der Waals surface area contributed by atoms with Crippen molar-refractivity contribution in [1.29, 1.82) is 0 Å². The van der Waals surface area contributed by atoms with Gasteiger partial charge in [0.2, 0.25) is 0 Å². The van der Waals surface area contributed by atoms with Gasteiger partial charge >= 0.3 is 35.8 Å². The minimum absolute atomic E-state index is 0.551. The van der Waals surface area contributed by atoms with E-state index in [1.165, 1.54) is 0 Å². The Morgan fingerprint density at radius 3 is 0.862 bits per heavy atom. The number of rotatable bonds is 6. The van der Waals surface area contributed by atoms with Crippen LogP contribution in [0, 0.1) is 0 Å². The summed E-state index contributed by atoms with van der Waals surface area (Å²) in [6.45, 7) is 0. The van der Waals surface area contributed by atoms with Crippen molar-refractivity contribution in [2.45, 2.75) is 0 Å². The van der Waals surface area contributed by atoms with Crippen molar-refractivity contribution in [2.75, 3.05) is 0 Å². The number of aromatic carboxylic acids is 4. The number of esters is 2. The Morgan fingerprint density at radius 1 is 0.448 bits per heavy atom. The Kier molecular flexibility index (Phi) is 5.73. The first-order valence-corrected chi connectivity index (χ1v) is 7.49. The van der Waals surface area contributed by atoms with Crippen LogP contribution in [-0.2, 0) is 4.74 Å². The van der Waals surface area contributed by atoms with Crippen LogP contribution in [0.15, 0.2) is 36.4 Å². The Morgan fingerprint density at radius 2 is 0.655 bits per heavy atom. The highest BCUT2D eigenvalue weighted by Crippen LogP contribution is 2.16. The molecule has 0 saturated heterocycles. The van der Waals surface area contributed by atoms with Gasteiger partial charge in [-0.25, -0.2) is 28.8 Å². The first-order valence-electron chi connectivity index (χ1n) is 7.49. The third kappa shape index (κ3) is 4.80. The highest BCUT2D eigenvalue weighted by molar-refractivity contribution is 6.06. The van der Waals surface area contributed by atoms with Gasteiger partial charge in [-0.1, -0.05) is 0 Å². The van der Waals surface area contributed by atoms with Crippen molar-refractivity contribution in [3.8, 4) is 0 Å². The van der Waals surface area contributed by atoms with Crippen LogP contribution in [0.2, 0.25) is 0 Å². The summed E-state index contributed by atoms with van der Waals surface area (Å²) in [7, 11) is 0. The zero-order valence-corrected chi connectivity index (χ0v) is 14.1. The van der Waals surface area contributed by atoms with Crippen molar-refractivity contribution >= 4 is 35.8 Å². The van der Waals surface area contributed by atoms with E-state index >= 15 is 0 Å². The lowest BCUT2D eigenvalue weighted by Crippen LogP contribution is -2.16. The van der Waals surface area contributed by atoms with Crippen LogP contribution in [-0.4, -0.2) is 56.2 Å². The van der Waals surface area contributed by atoms with Crippen LogP contribution >= 0.6 is 0 Å². The first-order chi connectivity index (χ1) is 13.5. The zero-order valence-electron chi connectivity index (χ0n) is 14.1. The van der Waals surface area contributed by atoms with E-state index in [0.717, 1.165) is 36.4 Å². The van der Waals surface area contributed by atoms with Crippen LogP contribution in [0.5, 0.6) is 0 Å². The van der Waals surface area contributed by atoms with Crippen molar-refractivity contribution in [2.24, 2.45) is 0 Å². The standard InChI is InChI=1S/C18H10O11/c19-13(20)7-1-8(14(21)22)4-11(3-7)17(27)29-18(28)12-5-9(15(23)24)2-10(6-12)16(25)26/h1-6H,(H,19,20)(H,21,22)(H,23,24)(H,25,26). The Hall–Kier alpha value is -4.54. The minimum atomic E-state index is -1.53. The molecule has 0 fully saturated rings. The molecule has 0 atom stereocenters. The maximum absolute atomic E-state index is 12.2. The molecule has 2 rings (SSSR count). The van der Waals surface area contributed by atoms with E-state index in [1.807, 2.05) is 0 Å². The fraction of sp³-hybridized carbons (Fsp3) is 0. The van der Waals surface area contributed by atoms with Gasteiger partial charge in [-0.3, -0.25) is 0 Å². The average molecular weight is 402 g/mol. The maximum Gasteiger partial charge on any atom is 0.346 e. The van der Waals surface area contributed by atoms with Gasteiger partial charge in [0.15, 0.2) is 0 Å². The number of carbonyl (C=O) groups excluding carboxylic acids is 2. The second kappa shape index (κ2) is 8.00. The Bertz CT molecular complexity index is 931. The van der Waals surface area contributed by atoms with Gasteiger partial charge in [-0.2, -0.15) is 0 Å². The second-order valence-corrected chi connectivity index (χ2v) is 5.50. The highest BCUT2D eigenvalue weighted by Gasteiger charge is 2.22. The van der Waals surface area contributed by atoms with Crippen LogP contribution in [0.25, 0.3) is 0 Å². The molecule has 0 radical (unpaired) electrons. The predicted molar refractivity (Wildman–Crippen MR) is 90.5 cm³/mol. The second-order valence-electron chi connectivity index (χ2n) is 5.50. The van der Waals surface area contributed by atoms with E-state index in [-0.39, 0.29) is 0 Å². The van der Waals surface area contributed by atoms with E-state index in [9.17, 15) is 28.8 Å². The number of carboxylic acid groups (broad SMARTS) is 4. The lowest BCUT2D eigenvalue weighted by atomic mass is 10.0. The number of hydrogen-bond acceptors (Lipinski definition) is 7. The molecule has 11 heteroatoms. The Labute approximate surface area is 160 Å². The minimum Gasteiger partial charge on any atom is -0.478 e. The van der Waals surface area contributed by atoms with Gasteiger partial charge in [0.25, 0.3) is 0 Å². The van der Waals surface area contributed by atoms with Gasteiger partial charge < -0.3 is 25.2 Å². The van der Waals surface area contributed by atoms with Crippen molar-refractivity contribution in [1.82, 2.24) is 0 Å². The molecule has 0 aliphatic heterocycles. The van der Waals surface area contributed by atoms with E-state index < -0.39 is 69.2 Å². The molecule has 2 aromatic rings. The highest BCUT2D eigenvalue weighted by atomic mass is 16.6. The van der Waals surface area contributed by atoms with Gasteiger partial charge in [0, 0.05) is 0 Å². The summed E-state index contributed by atoms with van der Waals surface area (Å²) < 4.78 is 4.51. The third-order valence-electron chi connectivity index (χ3n) is 3.51. The molecule has 0 saturated carbocycles. The quantitative estimate of drug-likeness (QED) is 0.404. The molecule has 0 unspecified atom stereocenters. The summed E-state index contributed by atoms with van der Waals surface area (Å²) in [5.74, 6) is -8.97. The number of carbonyl (C=O) groups is 6. The van der Waals surface area contributed by atoms with E-state index in [2.05, 4.69) is 4.74 Å². The van der Waals surface area contributed by atoms with Crippen molar-refractivity contribution in [3.63, 3.8) is 0 Å². The summed E-state index contributed by atoms with van der Waals surface area (Å²) >= 11 is 0. The lowest BCUT2D eigenvalue weighted by Gasteiger charge is -2.07. The van der Waals surface area contributed by atoms with E-state index in [0.29, 0.717) is 0 Å². The van der Waals surface area contributed by atoms with Gasteiger partial charge in [-0.05, 0) is 36.4 Å². The summed E-state index contributed by atoms with van der Waals surface area (Å²) in [6.07, 6.45) is 0. The number of carboxylic acids is 4. The van der Waals surface area contributed by atoms with Crippen LogP contribution in [0.3, 0.4) is 0 Å². The van der Waals surface area contributed by atoms with E-state index in [1.54, 1.807) is 0 Å². The molecule has 0 amide bonds. The molecule has 0 bridgehead atoms.